The van der Waals surface area contributed by atoms with Crippen LogP contribution in [0.5, 0.6) is 17.2 Å². The molecule has 12 heteroatoms. The highest BCUT2D eigenvalue weighted by molar-refractivity contribution is 6.42. The standard InChI is InChI=1S/C47H42Cl2N4O6/c1-28-29(2)50-18-16-38(28)32-9-6-30(7-10-32)20-41(47(55)56)52-46(54)42-21-34-22-43-44(23-35(34)24-53(42)25-36-5-3-4-17-51-36)59-45(27-58-43)33-11-13-37(14-12-33)57-26-31-8-15-39(48)40(49)19-31/h3-19,22-23,41-42,45H,20-21,24-27H2,1-2H3,(H,52,54)(H,55,56). The number of halogens is 2. The molecular weight excluding hydrogens is 787 g/mol. The number of carbonyl (C=O) groups is 2. The highest BCUT2D eigenvalue weighted by Gasteiger charge is 2.36. The molecule has 0 fully saturated rings. The van der Waals surface area contributed by atoms with Gasteiger partial charge < -0.3 is 24.6 Å². The average Bonchev–Trinajstić information content (AvgIpc) is 3.24. The SMILES string of the molecule is Cc1nccc(-c2ccc(CC(NC(=O)C3Cc4cc5c(cc4CN3Cc3ccccn3)OC(c3ccc(OCc4ccc(Cl)c(Cl)c4)cc3)CO5)C(=O)O)cc2)c1C. The van der Waals surface area contributed by atoms with Crippen molar-refractivity contribution in [1.29, 1.82) is 0 Å². The number of nitrogens with zero attached hydrogens (tertiary/aromatic N) is 3. The van der Waals surface area contributed by atoms with Gasteiger partial charge in [0.2, 0.25) is 5.91 Å². The number of carboxylic acid groups (broad SMARTS) is 1. The Morgan fingerprint density at radius 3 is 2.41 bits per heavy atom. The van der Waals surface area contributed by atoms with Crippen LogP contribution in [0.15, 0.2) is 116 Å². The van der Waals surface area contributed by atoms with E-state index >= 15 is 0 Å². The van der Waals surface area contributed by atoms with Gasteiger partial charge >= 0.3 is 5.97 Å². The molecule has 1 amide bonds. The number of nitrogens with one attached hydrogen (secondary N) is 1. The minimum Gasteiger partial charge on any atom is -0.489 e. The first-order valence-electron chi connectivity index (χ1n) is 19.4. The van der Waals surface area contributed by atoms with E-state index in [1.54, 1.807) is 24.5 Å². The fourth-order valence-electron chi connectivity index (χ4n) is 7.55. The van der Waals surface area contributed by atoms with Crippen LogP contribution >= 0.6 is 23.2 Å². The molecule has 0 spiro atoms. The van der Waals surface area contributed by atoms with E-state index in [4.69, 9.17) is 37.4 Å². The zero-order chi connectivity index (χ0) is 41.0. The summed E-state index contributed by atoms with van der Waals surface area (Å²) in [5.74, 6) is 0.454. The first-order valence-corrected chi connectivity index (χ1v) is 20.1. The highest BCUT2D eigenvalue weighted by atomic mass is 35.5. The summed E-state index contributed by atoms with van der Waals surface area (Å²) in [6.07, 6.45) is 3.65. The van der Waals surface area contributed by atoms with E-state index < -0.39 is 18.1 Å². The Balaban J connectivity index is 0.962. The van der Waals surface area contributed by atoms with Gasteiger partial charge in [0.25, 0.3) is 0 Å². The molecule has 0 bridgehead atoms. The van der Waals surface area contributed by atoms with Gasteiger partial charge in [-0.2, -0.15) is 0 Å². The molecule has 10 nitrogen and oxygen atoms in total. The van der Waals surface area contributed by atoms with Gasteiger partial charge in [0.15, 0.2) is 17.6 Å². The fourth-order valence-corrected chi connectivity index (χ4v) is 7.87. The van der Waals surface area contributed by atoms with Gasteiger partial charge in [-0.3, -0.25) is 19.7 Å². The number of amides is 1. The van der Waals surface area contributed by atoms with Crippen molar-refractivity contribution in [2.45, 2.75) is 64.6 Å². The first-order chi connectivity index (χ1) is 28.6. The molecule has 6 aromatic rings. The largest absolute Gasteiger partial charge is 0.489 e. The molecule has 59 heavy (non-hydrogen) atoms. The molecule has 2 aliphatic heterocycles. The Hall–Kier alpha value is -5.94. The molecule has 3 unspecified atom stereocenters. The molecule has 2 aromatic heterocycles. The molecule has 4 aromatic carbocycles. The van der Waals surface area contributed by atoms with Crippen LogP contribution < -0.4 is 19.5 Å². The topological polar surface area (TPSA) is 123 Å². The van der Waals surface area contributed by atoms with Crippen LogP contribution in [0.25, 0.3) is 11.1 Å². The number of hydrogen-bond acceptors (Lipinski definition) is 8. The summed E-state index contributed by atoms with van der Waals surface area (Å²) in [7, 11) is 0. The Kier molecular flexibility index (Phi) is 11.8. The summed E-state index contributed by atoms with van der Waals surface area (Å²) in [6, 6.07) is 30.7. The Bertz CT molecular complexity index is 2480. The molecule has 4 heterocycles. The number of carbonyl (C=O) groups excluding carboxylic acids is 1. The van der Waals surface area contributed by atoms with Crippen LogP contribution in [-0.2, 0) is 42.1 Å². The second-order valence-corrected chi connectivity index (χ2v) is 15.7. The van der Waals surface area contributed by atoms with Crippen LogP contribution in [0.4, 0.5) is 0 Å². The van der Waals surface area contributed by atoms with Crippen molar-refractivity contribution >= 4 is 35.1 Å². The van der Waals surface area contributed by atoms with Crippen molar-refractivity contribution in [3.05, 3.63) is 170 Å². The molecule has 8 rings (SSSR count). The summed E-state index contributed by atoms with van der Waals surface area (Å²) in [5.41, 5.74) is 9.52. The van der Waals surface area contributed by atoms with Gasteiger partial charge in [0.1, 0.15) is 25.0 Å². The van der Waals surface area contributed by atoms with Gasteiger partial charge in [-0.25, -0.2) is 4.79 Å². The predicted octanol–water partition coefficient (Wildman–Crippen LogP) is 8.90. The third-order valence-electron chi connectivity index (χ3n) is 11.0. The molecule has 0 saturated carbocycles. The van der Waals surface area contributed by atoms with Crippen molar-refractivity contribution in [3.8, 4) is 28.4 Å². The third kappa shape index (κ3) is 9.20. The number of pyridine rings is 2. The number of fused-ring (bicyclic) bond motifs is 2. The Morgan fingerprint density at radius 1 is 0.881 bits per heavy atom. The maximum Gasteiger partial charge on any atom is 0.326 e. The highest BCUT2D eigenvalue weighted by Crippen LogP contribution is 2.41. The minimum absolute atomic E-state index is 0.133. The lowest BCUT2D eigenvalue weighted by Crippen LogP contribution is -2.54. The predicted molar refractivity (Wildman–Crippen MR) is 226 cm³/mol. The van der Waals surface area contributed by atoms with E-state index in [1.165, 1.54) is 0 Å². The van der Waals surface area contributed by atoms with E-state index in [-0.39, 0.29) is 18.4 Å². The normalized spacial score (nSPS) is 16.5. The molecule has 3 atom stereocenters. The number of carboxylic acids is 1. The molecule has 2 aliphatic rings. The third-order valence-corrected chi connectivity index (χ3v) is 11.7. The van der Waals surface area contributed by atoms with Crippen molar-refractivity contribution in [2.24, 2.45) is 0 Å². The second-order valence-electron chi connectivity index (χ2n) is 14.9. The van der Waals surface area contributed by atoms with Crippen LogP contribution in [0.2, 0.25) is 10.0 Å². The number of rotatable bonds is 12. The number of aliphatic carboxylic acids is 1. The summed E-state index contributed by atoms with van der Waals surface area (Å²) in [4.78, 5) is 37.7. The molecule has 0 aliphatic carbocycles. The molecule has 0 saturated heterocycles. The van der Waals surface area contributed by atoms with Crippen molar-refractivity contribution in [1.82, 2.24) is 20.2 Å². The fraction of sp³-hybridized carbons (Fsp3) is 0.234. The van der Waals surface area contributed by atoms with E-state index in [1.807, 2.05) is 110 Å². The molecule has 300 valence electrons. The van der Waals surface area contributed by atoms with E-state index in [9.17, 15) is 14.7 Å². The van der Waals surface area contributed by atoms with Gasteiger partial charge in [0, 0.05) is 37.6 Å². The lowest BCUT2D eigenvalue weighted by molar-refractivity contribution is -0.142. The van der Waals surface area contributed by atoms with Crippen LogP contribution in [0, 0.1) is 13.8 Å². The van der Waals surface area contributed by atoms with E-state index in [0.717, 1.165) is 55.9 Å². The summed E-state index contributed by atoms with van der Waals surface area (Å²) in [6.45, 7) is 5.47. The van der Waals surface area contributed by atoms with E-state index in [0.29, 0.717) is 60.0 Å². The van der Waals surface area contributed by atoms with Gasteiger partial charge in [0.05, 0.1) is 21.8 Å². The monoisotopic (exact) mass is 828 g/mol. The van der Waals surface area contributed by atoms with Gasteiger partial charge in [-0.05, 0) is 119 Å². The summed E-state index contributed by atoms with van der Waals surface area (Å²) >= 11 is 12.2. The number of benzene rings is 4. The lowest BCUT2D eigenvalue weighted by atomic mass is 9.92. The summed E-state index contributed by atoms with van der Waals surface area (Å²) < 4.78 is 18.7. The maximum absolute atomic E-state index is 14.2. The minimum atomic E-state index is -1.13. The zero-order valence-corrected chi connectivity index (χ0v) is 34.0. The smallest absolute Gasteiger partial charge is 0.326 e. The Morgan fingerprint density at radius 2 is 1.66 bits per heavy atom. The first kappa shape index (κ1) is 39.9. The number of aryl methyl sites for hydroxylation is 1. The van der Waals surface area contributed by atoms with Crippen LogP contribution in [0.3, 0.4) is 0 Å². The van der Waals surface area contributed by atoms with Crippen molar-refractivity contribution < 1.29 is 28.9 Å². The van der Waals surface area contributed by atoms with Crippen molar-refractivity contribution in [3.63, 3.8) is 0 Å². The maximum atomic E-state index is 14.2. The average molecular weight is 830 g/mol. The Labute approximate surface area is 352 Å². The number of hydrogen-bond donors (Lipinski definition) is 2. The van der Waals surface area contributed by atoms with Crippen LogP contribution in [-0.4, -0.2) is 50.5 Å². The van der Waals surface area contributed by atoms with Gasteiger partial charge in [-0.1, -0.05) is 71.7 Å². The lowest BCUT2D eigenvalue weighted by Gasteiger charge is -2.37. The van der Waals surface area contributed by atoms with Crippen LogP contribution in [0.1, 0.15) is 50.9 Å². The molecule has 2 N–H and O–H groups in total. The number of aromatic nitrogens is 2. The molecular formula is C47H42Cl2N4O6. The zero-order valence-electron chi connectivity index (χ0n) is 32.5. The number of ether oxygens (including phenoxy) is 3. The molecule has 0 radical (unpaired) electrons. The summed E-state index contributed by atoms with van der Waals surface area (Å²) in [5, 5.41) is 14.1. The quantitative estimate of drug-likeness (QED) is 0.125. The van der Waals surface area contributed by atoms with E-state index in [2.05, 4.69) is 15.3 Å². The van der Waals surface area contributed by atoms with Crippen molar-refractivity contribution in [2.75, 3.05) is 6.61 Å². The second kappa shape index (κ2) is 17.5. The van der Waals surface area contributed by atoms with Gasteiger partial charge in [-0.15, -0.1) is 0 Å².